The fourth-order valence-corrected chi connectivity index (χ4v) is 4.73. The summed E-state index contributed by atoms with van der Waals surface area (Å²) < 4.78 is 28.3. The molecule has 0 atom stereocenters. The summed E-state index contributed by atoms with van der Waals surface area (Å²) in [5, 5.41) is 0. The first kappa shape index (κ1) is 21.5. The minimum Gasteiger partial charge on any atom is -0.318 e. The van der Waals surface area contributed by atoms with Gasteiger partial charge in [-0.3, -0.25) is 30.2 Å². The second-order valence-corrected chi connectivity index (χ2v) is 8.79. The van der Waals surface area contributed by atoms with E-state index in [0.29, 0.717) is 12.0 Å². The highest BCUT2D eigenvalue weighted by Crippen LogP contribution is 2.22. The Balaban J connectivity index is 1.31. The lowest BCUT2D eigenvalue weighted by Gasteiger charge is -2.10. The summed E-state index contributed by atoms with van der Waals surface area (Å²) in [6.07, 6.45) is 0.642. The van der Waals surface area contributed by atoms with E-state index in [1.165, 1.54) is 6.07 Å². The van der Waals surface area contributed by atoms with E-state index in [0.717, 1.165) is 16.9 Å². The number of sulfonamides is 1. The number of nitrogens with one attached hydrogen (secondary N) is 3. The van der Waals surface area contributed by atoms with Gasteiger partial charge in [-0.25, -0.2) is 13.4 Å². The number of amides is 2. The van der Waals surface area contributed by atoms with Gasteiger partial charge in [0.05, 0.1) is 22.5 Å². The number of fused-ring (bicyclic) bond motifs is 2. The molecule has 0 radical (unpaired) electrons. The van der Waals surface area contributed by atoms with Crippen LogP contribution in [0.5, 0.6) is 0 Å². The number of hydrazine groups is 1. The average molecular weight is 455 g/mol. The van der Waals surface area contributed by atoms with Gasteiger partial charge in [0.2, 0.25) is 5.91 Å². The van der Waals surface area contributed by atoms with Crippen LogP contribution in [0.15, 0.2) is 58.4 Å². The molecule has 1 aliphatic rings. The molecule has 0 unspecified atom stereocenters. The van der Waals surface area contributed by atoms with Crippen LogP contribution in [0, 0.1) is 0 Å². The topological polar surface area (TPSA) is 135 Å². The number of benzene rings is 2. The van der Waals surface area contributed by atoms with Crippen LogP contribution in [0.3, 0.4) is 0 Å². The molecule has 1 aromatic heterocycles. The highest BCUT2D eigenvalue weighted by molar-refractivity contribution is 7.90. The number of nitrogens with zero attached hydrogens (tertiary/aromatic N) is 3. The Bertz CT molecular complexity index is 1330. The van der Waals surface area contributed by atoms with Crippen molar-refractivity contribution in [3.63, 3.8) is 0 Å². The van der Waals surface area contributed by atoms with Crippen LogP contribution in [-0.4, -0.2) is 42.2 Å². The predicted octanol–water partition coefficient (Wildman–Crippen LogP) is 0.875. The zero-order valence-electron chi connectivity index (χ0n) is 17.3. The minimum atomic E-state index is -3.62. The molecule has 2 aromatic carbocycles. The molecular weight excluding hydrogens is 432 g/mol. The molecule has 3 aromatic rings. The van der Waals surface area contributed by atoms with Crippen LogP contribution in [0.4, 0.5) is 0 Å². The smallest absolute Gasteiger partial charge is 0.263 e. The van der Waals surface area contributed by atoms with Gasteiger partial charge in [0, 0.05) is 18.4 Å². The van der Waals surface area contributed by atoms with Crippen molar-refractivity contribution >= 4 is 38.7 Å². The molecule has 3 N–H and O–H groups in total. The number of carbonyl (C=O) groups excluding carboxylic acids is 2. The lowest BCUT2D eigenvalue weighted by molar-refractivity contribution is -0.129. The number of carbonyl (C=O) groups is 2. The van der Waals surface area contributed by atoms with Crippen LogP contribution in [0.1, 0.15) is 24.7 Å². The van der Waals surface area contributed by atoms with E-state index in [1.807, 2.05) is 35.8 Å². The third-order valence-electron chi connectivity index (χ3n) is 4.96. The Labute approximate surface area is 184 Å². The zero-order chi connectivity index (χ0) is 22.7. The van der Waals surface area contributed by atoms with Crippen molar-refractivity contribution in [2.24, 2.45) is 4.99 Å². The summed E-state index contributed by atoms with van der Waals surface area (Å²) in [6, 6.07) is 14.0. The van der Waals surface area contributed by atoms with Gasteiger partial charge in [-0.1, -0.05) is 31.2 Å². The fourth-order valence-electron chi connectivity index (χ4n) is 3.48. The van der Waals surface area contributed by atoms with Crippen molar-refractivity contribution in [2.45, 2.75) is 31.2 Å². The second kappa shape index (κ2) is 8.79. The van der Waals surface area contributed by atoms with Gasteiger partial charge in [-0.15, -0.1) is 0 Å². The fraction of sp³-hybridized carbons (Fsp3) is 0.238. The van der Waals surface area contributed by atoms with Gasteiger partial charge in [-0.05, 0) is 24.3 Å². The summed E-state index contributed by atoms with van der Waals surface area (Å²) in [6.45, 7) is 2.03. The first-order chi connectivity index (χ1) is 15.4. The Morgan fingerprint density at radius 3 is 2.59 bits per heavy atom. The van der Waals surface area contributed by atoms with E-state index in [-0.39, 0.29) is 36.1 Å². The molecule has 4 rings (SSSR count). The Morgan fingerprint density at radius 2 is 1.78 bits per heavy atom. The maximum atomic E-state index is 12.3. The molecule has 32 heavy (non-hydrogen) atoms. The van der Waals surface area contributed by atoms with Gasteiger partial charge in [-0.2, -0.15) is 0 Å². The van der Waals surface area contributed by atoms with E-state index in [1.54, 1.807) is 18.2 Å². The number of aromatic nitrogens is 2. The molecular formula is C21H22N6O4S. The average Bonchev–Trinajstić information content (AvgIpc) is 3.27. The van der Waals surface area contributed by atoms with E-state index in [2.05, 4.69) is 25.6 Å². The summed E-state index contributed by atoms with van der Waals surface area (Å²) in [5.41, 5.74) is 6.89. The number of hydrogen-bond donors (Lipinski definition) is 3. The molecule has 1 aliphatic heterocycles. The van der Waals surface area contributed by atoms with Crippen molar-refractivity contribution in [3.05, 3.63) is 59.9 Å². The molecule has 0 saturated heterocycles. The van der Waals surface area contributed by atoms with Gasteiger partial charge in [0.25, 0.3) is 15.9 Å². The van der Waals surface area contributed by atoms with Gasteiger partial charge >= 0.3 is 0 Å². The number of para-hydroxylation sites is 2. The number of hydrogen-bond acceptors (Lipinski definition) is 6. The summed E-state index contributed by atoms with van der Waals surface area (Å²) in [5.74, 6) is 0.155. The Morgan fingerprint density at radius 1 is 1.06 bits per heavy atom. The molecule has 166 valence electrons. The monoisotopic (exact) mass is 454 g/mol. The van der Waals surface area contributed by atoms with Crippen molar-refractivity contribution in [1.82, 2.24) is 25.1 Å². The molecule has 0 bridgehead atoms. The normalized spacial score (nSPS) is 15.3. The molecule has 2 amide bonds. The Kier molecular flexibility index (Phi) is 5.91. The second-order valence-electron chi connectivity index (χ2n) is 7.13. The molecule has 0 saturated carbocycles. The van der Waals surface area contributed by atoms with Crippen LogP contribution in [0.25, 0.3) is 11.0 Å². The maximum absolute atomic E-state index is 12.3. The van der Waals surface area contributed by atoms with Crippen molar-refractivity contribution in [1.29, 1.82) is 0 Å². The van der Waals surface area contributed by atoms with Crippen LogP contribution in [-0.2, 0) is 32.6 Å². The zero-order valence-corrected chi connectivity index (χ0v) is 18.1. The summed E-state index contributed by atoms with van der Waals surface area (Å²) >= 11 is 0. The molecule has 0 aliphatic carbocycles. The largest absolute Gasteiger partial charge is 0.318 e. The molecule has 11 heteroatoms. The third kappa shape index (κ3) is 4.33. The van der Waals surface area contributed by atoms with E-state index in [9.17, 15) is 18.0 Å². The van der Waals surface area contributed by atoms with Crippen LogP contribution < -0.4 is 15.6 Å². The number of rotatable bonds is 6. The number of imidazole rings is 1. The van der Waals surface area contributed by atoms with Crippen molar-refractivity contribution in [2.75, 3.05) is 6.54 Å². The SMILES string of the molecule is CCc1nc2ccccc2n1CC(=O)NNC(=O)CCN=C1NS(=O)(=O)c2ccccc21. The number of aliphatic imine (C=N–C) groups is 1. The molecule has 2 heterocycles. The van der Waals surface area contributed by atoms with Crippen LogP contribution >= 0.6 is 0 Å². The van der Waals surface area contributed by atoms with Gasteiger partial charge in [0.15, 0.2) is 0 Å². The highest BCUT2D eigenvalue weighted by atomic mass is 32.2. The van der Waals surface area contributed by atoms with E-state index >= 15 is 0 Å². The predicted molar refractivity (Wildman–Crippen MR) is 118 cm³/mol. The Hall–Kier alpha value is -3.73. The number of amidine groups is 1. The third-order valence-corrected chi connectivity index (χ3v) is 6.36. The quantitative estimate of drug-likeness (QED) is 0.475. The van der Waals surface area contributed by atoms with Crippen LogP contribution in [0.2, 0.25) is 0 Å². The summed E-state index contributed by atoms with van der Waals surface area (Å²) in [4.78, 5) is 33.3. The van der Waals surface area contributed by atoms with Gasteiger partial charge < -0.3 is 4.57 Å². The van der Waals surface area contributed by atoms with E-state index in [4.69, 9.17) is 0 Å². The number of aryl methyl sites for hydroxylation is 1. The first-order valence-corrected chi connectivity index (χ1v) is 11.6. The van der Waals surface area contributed by atoms with E-state index < -0.39 is 15.9 Å². The van der Waals surface area contributed by atoms with Crippen molar-refractivity contribution in [3.8, 4) is 0 Å². The summed E-state index contributed by atoms with van der Waals surface area (Å²) in [7, 11) is -3.62. The lowest BCUT2D eigenvalue weighted by atomic mass is 10.2. The molecule has 0 spiro atoms. The van der Waals surface area contributed by atoms with Crippen molar-refractivity contribution < 1.29 is 18.0 Å². The lowest BCUT2D eigenvalue weighted by Crippen LogP contribution is -2.43. The highest BCUT2D eigenvalue weighted by Gasteiger charge is 2.29. The maximum Gasteiger partial charge on any atom is 0.263 e. The standard InChI is InChI=1S/C21H22N6O4S/c1-2-18-23-15-8-4-5-9-16(15)27(18)13-20(29)25-24-19(28)11-12-22-21-14-7-3-6-10-17(14)32(30,31)26-21/h3-10H,2,11-13H2,1H3,(H,22,26)(H,24,28)(H,25,29). The molecule has 0 fully saturated rings. The first-order valence-electron chi connectivity index (χ1n) is 10.1. The molecule has 10 nitrogen and oxygen atoms in total. The minimum absolute atomic E-state index is 0.0187. The van der Waals surface area contributed by atoms with Gasteiger partial charge in [0.1, 0.15) is 18.2 Å².